The molecule has 11 rings (SSSR count). The molecular weight excluding hydrogens is 967 g/mol. The Bertz CT molecular complexity index is 3190. The average Bonchev–Trinajstić information content (AvgIpc) is 3.94. The molecule has 0 saturated carbocycles. The van der Waals surface area contributed by atoms with E-state index in [1.165, 1.54) is 16.7 Å². The fourth-order valence-corrected chi connectivity index (χ4v) is 12.6. The van der Waals surface area contributed by atoms with Gasteiger partial charge in [-0.2, -0.15) is 0 Å². The molecule has 5 aromatic carbocycles. The van der Waals surface area contributed by atoms with Gasteiger partial charge in [-0.3, -0.25) is 5.32 Å². The van der Waals surface area contributed by atoms with Crippen molar-refractivity contribution in [1.82, 2.24) is 15.2 Å². The fraction of sp³-hybridized carbons (Fsp3) is 0.415. The first kappa shape index (κ1) is 52.5. The van der Waals surface area contributed by atoms with Crippen LogP contribution in [0, 0.1) is 23.7 Å². The number of phenols is 3. The van der Waals surface area contributed by atoms with Crippen molar-refractivity contribution < 1.29 is 44.5 Å². The maximum atomic E-state index is 11.7. The van der Waals surface area contributed by atoms with Gasteiger partial charge in [-0.1, -0.05) is 72.5 Å². The quantitative estimate of drug-likeness (QED) is 0.0334. The van der Waals surface area contributed by atoms with Gasteiger partial charge in [-0.25, -0.2) is 0 Å². The lowest BCUT2D eigenvalue weighted by Crippen LogP contribution is -2.47. The molecule has 0 amide bonds. The van der Waals surface area contributed by atoms with Gasteiger partial charge in [0.2, 0.25) is 0 Å². The summed E-state index contributed by atoms with van der Waals surface area (Å²) in [6.07, 6.45) is 15.8. The molecule has 402 valence electrons. The summed E-state index contributed by atoms with van der Waals surface area (Å²) in [4.78, 5) is 0. The minimum atomic E-state index is -0.627. The Morgan fingerprint density at radius 2 is 1.75 bits per heavy atom. The Morgan fingerprint density at radius 1 is 0.844 bits per heavy atom. The smallest absolute Gasteiger partial charge is 0.161 e. The molecule has 1 fully saturated rings. The molecule has 6 unspecified atom stereocenters. The van der Waals surface area contributed by atoms with E-state index in [4.69, 9.17) is 18.9 Å². The van der Waals surface area contributed by atoms with Crippen molar-refractivity contribution in [1.29, 1.82) is 0 Å². The van der Waals surface area contributed by atoms with Crippen molar-refractivity contribution in [3.8, 4) is 34.8 Å². The summed E-state index contributed by atoms with van der Waals surface area (Å²) in [5, 5.41) is 62.9. The van der Waals surface area contributed by atoms with Crippen LogP contribution in [-0.4, -0.2) is 88.2 Å². The lowest BCUT2D eigenvalue weighted by atomic mass is 9.57. The molecule has 6 aromatic rings. The number of unbranched alkanes of at least 4 members (excludes halogenated alkanes) is 1. The SMILES string of the molecule is OCCCCOCNC1C=C2C#CC(CCc3ccc(O)c(Cc4cccc(O)c4)c3)CCCC3CC(O)CCc4ccc(O)c(c4)OCc4cc(C56CCOCC5CCc5ccccc56)cc5cn(cc45)C(=C2CO3)N1. The highest BCUT2D eigenvalue weighted by Gasteiger charge is 2.47. The number of aromatic nitrogens is 1. The van der Waals surface area contributed by atoms with Crippen LogP contribution in [0.3, 0.4) is 0 Å². The van der Waals surface area contributed by atoms with Crippen molar-refractivity contribution >= 4 is 16.6 Å². The molecule has 12 nitrogen and oxygen atoms in total. The summed E-state index contributed by atoms with van der Waals surface area (Å²) < 4.78 is 28.1. The van der Waals surface area contributed by atoms with Crippen LogP contribution in [0.5, 0.6) is 23.0 Å². The van der Waals surface area contributed by atoms with Crippen molar-refractivity contribution in [2.24, 2.45) is 11.8 Å². The molecule has 1 aromatic heterocycles. The van der Waals surface area contributed by atoms with Gasteiger partial charge >= 0.3 is 0 Å². The number of aryl methyl sites for hydroxylation is 3. The third kappa shape index (κ3) is 12.0. The second-order valence-corrected chi connectivity index (χ2v) is 21.9. The highest BCUT2D eigenvalue weighted by molar-refractivity contribution is 5.88. The number of phenolic OH excluding ortho intramolecular Hbond substituents is 3. The number of aliphatic hydroxyl groups is 2. The van der Waals surface area contributed by atoms with E-state index in [9.17, 15) is 25.5 Å². The monoisotopic (exact) mass is 1040 g/mol. The van der Waals surface area contributed by atoms with Crippen LogP contribution >= 0.6 is 0 Å². The zero-order valence-electron chi connectivity index (χ0n) is 44.0. The molecule has 5 heterocycles. The van der Waals surface area contributed by atoms with Gasteiger partial charge in [-0.05, 0) is 176 Å². The summed E-state index contributed by atoms with van der Waals surface area (Å²) in [5.41, 5.74) is 10.4. The standard InChI is InChI=1S/C65H73N3O9/c69-26-3-4-27-75-42-66-63-35-48-19-15-43(13-14-44-17-23-60(72)49(29-44)30-46-8-5-10-54(70)31-46)7-6-11-56-36-55(71)22-16-45-18-24-61(73)62(32-45)77-39-51-34-53(33-50-37-68(38-57(50)51)64(67-63)58(48)41-76-56)65-25-28-74-40-52(65)21-20-47-9-1-2-12-59(47)65/h1-2,5,8-10,12,17-18,23-24,29,31-35,37-38,43,52,55-56,63,66-67,69-73H,3-4,6-7,11,13-14,16,20-22,25-28,30,36,39-42H2. The maximum Gasteiger partial charge on any atom is 0.161 e. The predicted octanol–water partition coefficient (Wildman–Crippen LogP) is 10.1. The molecule has 1 saturated heterocycles. The van der Waals surface area contributed by atoms with Crippen LogP contribution in [0.2, 0.25) is 0 Å². The second kappa shape index (κ2) is 24.0. The van der Waals surface area contributed by atoms with Crippen molar-refractivity contribution in [3.63, 3.8) is 0 Å². The van der Waals surface area contributed by atoms with Gasteiger partial charge in [0, 0.05) is 71.9 Å². The van der Waals surface area contributed by atoms with E-state index >= 15 is 0 Å². The number of nitrogens with one attached hydrogen (secondary N) is 2. The van der Waals surface area contributed by atoms with Crippen molar-refractivity contribution in [2.75, 3.05) is 39.8 Å². The molecule has 4 aliphatic heterocycles. The van der Waals surface area contributed by atoms with E-state index in [0.717, 1.165) is 113 Å². The summed E-state index contributed by atoms with van der Waals surface area (Å²) in [6.45, 7) is 2.78. The van der Waals surface area contributed by atoms with E-state index in [1.807, 2.05) is 30.3 Å². The zero-order valence-corrected chi connectivity index (χ0v) is 44.0. The summed E-state index contributed by atoms with van der Waals surface area (Å²) >= 11 is 0. The Morgan fingerprint density at radius 3 is 2.66 bits per heavy atom. The molecule has 12 heteroatoms. The maximum absolute atomic E-state index is 11.7. The third-order valence-electron chi connectivity index (χ3n) is 16.8. The number of benzene rings is 5. The van der Waals surface area contributed by atoms with Gasteiger partial charge in [0.05, 0.1) is 32.2 Å². The molecule has 6 bridgehead atoms. The molecule has 0 spiro atoms. The number of hydrogen-bond acceptors (Lipinski definition) is 11. The first-order valence-corrected chi connectivity index (χ1v) is 28.0. The summed E-state index contributed by atoms with van der Waals surface area (Å²) in [7, 11) is 0. The molecule has 77 heavy (non-hydrogen) atoms. The lowest BCUT2D eigenvalue weighted by Gasteiger charge is -2.49. The van der Waals surface area contributed by atoms with Crippen LogP contribution in [-0.2, 0) is 51.9 Å². The molecule has 5 aliphatic rings. The van der Waals surface area contributed by atoms with Crippen molar-refractivity contribution in [2.45, 2.75) is 120 Å². The third-order valence-corrected chi connectivity index (χ3v) is 16.8. The number of ether oxygens (including phenoxy) is 4. The number of aromatic hydroxyl groups is 3. The van der Waals surface area contributed by atoms with Crippen LogP contribution in [0.15, 0.2) is 127 Å². The van der Waals surface area contributed by atoms with Crippen LogP contribution in [0.25, 0.3) is 16.6 Å². The van der Waals surface area contributed by atoms with E-state index in [1.54, 1.807) is 24.3 Å². The molecule has 1 aliphatic carbocycles. The minimum absolute atomic E-state index is 0.0440. The van der Waals surface area contributed by atoms with Gasteiger partial charge < -0.3 is 54.4 Å². The van der Waals surface area contributed by atoms with E-state index < -0.39 is 6.10 Å². The van der Waals surface area contributed by atoms with Gasteiger partial charge in [0.15, 0.2) is 11.5 Å². The second-order valence-electron chi connectivity index (χ2n) is 21.9. The Kier molecular flexibility index (Phi) is 16.4. The van der Waals surface area contributed by atoms with E-state index in [0.29, 0.717) is 63.6 Å². The molecule has 7 N–H and O–H groups in total. The Hall–Kier alpha value is -6.56. The fourth-order valence-electron chi connectivity index (χ4n) is 12.6. The number of dihydropyridines is 1. The highest BCUT2D eigenvalue weighted by atomic mass is 16.5. The first-order valence-electron chi connectivity index (χ1n) is 28.0. The highest BCUT2D eigenvalue weighted by Crippen LogP contribution is 2.52. The van der Waals surface area contributed by atoms with Gasteiger partial charge in [0.25, 0.3) is 0 Å². The minimum Gasteiger partial charge on any atom is -0.508 e. The van der Waals surface area contributed by atoms with Crippen LogP contribution in [0.4, 0.5) is 0 Å². The average molecular weight is 1040 g/mol. The Balaban J connectivity index is 1.01. The number of hydrogen-bond donors (Lipinski definition) is 7. The van der Waals surface area contributed by atoms with E-state index in [-0.39, 0.29) is 67.4 Å². The normalized spacial score (nSPS) is 23.5. The number of fused-ring (bicyclic) bond motifs is 9. The first-order chi connectivity index (χ1) is 37.7. The number of aliphatic hydroxyl groups excluding tert-OH is 2. The van der Waals surface area contributed by atoms with Crippen molar-refractivity contribution in [3.05, 3.63) is 171 Å². The summed E-state index contributed by atoms with van der Waals surface area (Å²) in [6, 6.07) is 32.2. The van der Waals surface area contributed by atoms with Crippen LogP contribution in [0.1, 0.15) is 109 Å². The predicted molar refractivity (Wildman–Crippen MR) is 298 cm³/mol. The molecular formula is C65H73N3O9. The lowest BCUT2D eigenvalue weighted by molar-refractivity contribution is 0.00498. The number of rotatable bonds is 13. The van der Waals surface area contributed by atoms with E-state index in [2.05, 4.69) is 88.0 Å². The van der Waals surface area contributed by atoms with Gasteiger partial charge in [0.1, 0.15) is 30.1 Å². The topological polar surface area (TPSA) is 167 Å². The summed E-state index contributed by atoms with van der Waals surface area (Å²) in [5.74, 6) is 9.57. The van der Waals surface area contributed by atoms with Gasteiger partial charge in [-0.15, -0.1) is 0 Å². The Labute approximate surface area is 452 Å². The number of nitrogens with zero attached hydrogens (tertiary/aromatic N) is 1. The zero-order chi connectivity index (χ0) is 52.7. The van der Waals surface area contributed by atoms with Crippen LogP contribution < -0.4 is 15.4 Å². The molecule has 0 radical (unpaired) electrons. The molecule has 6 atom stereocenters. The largest absolute Gasteiger partial charge is 0.508 e.